The summed E-state index contributed by atoms with van der Waals surface area (Å²) in [7, 11) is 0. The fraction of sp³-hybridized carbons (Fsp3) is 0.871. The summed E-state index contributed by atoms with van der Waals surface area (Å²) >= 11 is 0. The molecule has 0 bridgehead atoms. The highest BCUT2D eigenvalue weighted by atomic mass is 19.4. The number of carbonyl (C=O) groups excluding carboxylic acids is 4. The minimum Gasteiger partial charge on any atom is -0.459 e. The molecule has 0 heterocycles. The van der Waals surface area contributed by atoms with Crippen molar-refractivity contribution in [1.82, 2.24) is 0 Å². The van der Waals surface area contributed by atoms with Crippen molar-refractivity contribution in [3.63, 3.8) is 0 Å². The third-order valence-corrected chi connectivity index (χ3v) is 9.75. The molecule has 0 radical (unpaired) electrons. The SMILES string of the molecule is CC(C)C(=O)C1CC(C(=O)OCC(F)(F)C(F)(F)C(F)(F)C(F)(F)CO)C(C(=O)OC2(C)CCCC2)CC1C(=O)OC1(C)CCCC1. The molecule has 270 valence electrons. The maximum Gasteiger partial charge on any atom is 0.381 e. The van der Waals surface area contributed by atoms with Crippen molar-refractivity contribution >= 4 is 23.7 Å². The quantitative estimate of drug-likeness (QED) is 0.136. The second-order valence-electron chi connectivity index (χ2n) is 13.9. The van der Waals surface area contributed by atoms with Gasteiger partial charge in [0.2, 0.25) is 0 Å². The molecule has 3 rings (SSSR count). The predicted molar refractivity (Wildman–Crippen MR) is 147 cm³/mol. The van der Waals surface area contributed by atoms with Crippen LogP contribution in [0.2, 0.25) is 0 Å². The van der Waals surface area contributed by atoms with Gasteiger partial charge in [-0.25, -0.2) is 0 Å². The van der Waals surface area contributed by atoms with E-state index in [0.717, 1.165) is 12.8 Å². The minimum absolute atomic E-state index is 0.437. The van der Waals surface area contributed by atoms with Crippen LogP contribution >= 0.6 is 0 Å². The summed E-state index contributed by atoms with van der Waals surface area (Å²) in [5.41, 5.74) is -1.83. The van der Waals surface area contributed by atoms with Crippen LogP contribution in [0.1, 0.15) is 91.9 Å². The normalized spacial score (nSPS) is 26.6. The molecule has 16 heteroatoms. The molecule has 0 saturated heterocycles. The van der Waals surface area contributed by atoms with E-state index in [0.29, 0.717) is 38.5 Å². The molecule has 4 unspecified atom stereocenters. The van der Waals surface area contributed by atoms with Crippen LogP contribution in [0.4, 0.5) is 35.1 Å². The molecule has 1 N–H and O–H groups in total. The number of hydrogen-bond acceptors (Lipinski definition) is 8. The first-order valence-corrected chi connectivity index (χ1v) is 15.7. The maximum absolute atomic E-state index is 14.4. The van der Waals surface area contributed by atoms with Gasteiger partial charge in [-0.3, -0.25) is 19.2 Å². The van der Waals surface area contributed by atoms with E-state index >= 15 is 0 Å². The van der Waals surface area contributed by atoms with Gasteiger partial charge in [-0.1, -0.05) is 13.8 Å². The van der Waals surface area contributed by atoms with Crippen molar-refractivity contribution in [2.45, 2.75) is 127 Å². The number of aliphatic hydroxyl groups is 1. The first kappa shape index (κ1) is 38.9. The lowest BCUT2D eigenvalue weighted by Gasteiger charge is -2.40. The predicted octanol–water partition coefficient (Wildman–Crippen LogP) is 6.30. The van der Waals surface area contributed by atoms with E-state index in [1.807, 2.05) is 0 Å². The van der Waals surface area contributed by atoms with Crippen molar-refractivity contribution in [1.29, 1.82) is 0 Å². The van der Waals surface area contributed by atoms with Crippen molar-refractivity contribution in [2.75, 3.05) is 13.2 Å². The highest BCUT2D eigenvalue weighted by molar-refractivity contribution is 5.91. The van der Waals surface area contributed by atoms with E-state index < -0.39 is 114 Å². The number of esters is 3. The Morgan fingerprint density at radius 3 is 1.43 bits per heavy atom. The molecule has 0 aromatic heterocycles. The molecule has 3 saturated carbocycles. The minimum atomic E-state index is -6.81. The third kappa shape index (κ3) is 7.87. The Labute approximate surface area is 267 Å². The van der Waals surface area contributed by atoms with E-state index in [1.165, 1.54) is 13.8 Å². The van der Waals surface area contributed by atoms with Crippen molar-refractivity contribution < 1.29 is 73.6 Å². The number of ether oxygens (including phenoxy) is 3. The topological polar surface area (TPSA) is 116 Å². The molecule has 3 aliphatic rings. The molecule has 0 aliphatic heterocycles. The van der Waals surface area contributed by atoms with Gasteiger partial charge in [0.1, 0.15) is 23.6 Å². The van der Waals surface area contributed by atoms with Gasteiger partial charge in [0, 0.05) is 11.8 Å². The number of aliphatic hydroxyl groups excluding tert-OH is 1. The van der Waals surface area contributed by atoms with Gasteiger partial charge in [-0.05, 0) is 78.1 Å². The van der Waals surface area contributed by atoms with Gasteiger partial charge in [0.25, 0.3) is 0 Å². The van der Waals surface area contributed by atoms with Crippen molar-refractivity contribution in [2.24, 2.45) is 29.6 Å². The number of halogens is 8. The summed E-state index contributed by atoms with van der Waals surface area (Å²) in [6.07, 6.45) is 3.69. The van der Waals surface area contributed by atoms with Crippen LogP contribution in [0.3, 0.4) is 0 Å². The molecule has 3 aliphatic carbocycles. The number of Topliss-reactive ketones (excluding diaryl/α,β-unsaturated/α-hetero) is 1. The zero-order chi connectivity index (χ0) is 35.8. The molecule has 3 fully saturated rings. The Hall–Kier alpha value is -2.52. The van der Waals surface area contributed by atoms with Gasteiger partial charge in [-0.15, -0.1) is 0 Å². The monoisotopic (exact) mass is 694 g/mol. The number of ketones is 1. The first-order valence-electron chi connectivity index (χ1n) is 15.7. The van der Waals surface area contributed by atoms with Gasteiger partial charge in [0.05, 0.1) is 17.8 Å². The molecule has 0 aromatic carbocycles. The van der Waals surface area contributed by atoms with Gasteiger partial charge in [-0.2, -0.15) is 35.1 Å². The molecule has 0 spiro atoms. The molecule has 4 atom stereocenters. The van der Waals surface area contributed by atoms with E-state index in [2.05, 4.69) is 4.74 Å². The molecular formula is C31H42F8O8. The first-order chi connectivity index (χ1) is 21.4. The van der Waals surface area contributed by atoms with Crippen molar-refractivity contribution in [3.8, 4) is 0 Å². The molecule has 8 nitrogen and oxygen atoms in total. The van der Waals surface area contributed by atoms with Crippen LogP contribution in [0.15, 0.2) is 0 Å². The lowest BCUT2D eigenvalue weighted by Crippen LogP contribution is -2.64. The Morgan fingerprint density at radius 2 is 1.02 bits per heavy atom. The Bertz CT molecular complexity index is 1180. The zero-order valence-corrected chi connectivity index (χ0v) is 26.7. The average molecular weight is 695 g/mol. The maximum atomic E-state index is 14.4. The average Bonchev–Trinajstić information content (AvgIpc) is 3.61. The Balaban J connectivity index is 1.94. The summed E-state index contributed by atoms with van der Waals surface area (Å²) in [4.78, 5) is 53.7. The lowest BCUT2D eigenvalue weighted by atomic mass is 9.65. The van der Waals surface area contributed by atoms with Gasteiger partial charge in [0.15, 0.2) is 6.61 Å². The van der Waals surface area contributed by atoms with Crippen LogP contribution in [-0.4, -0.2) is 76.9 Å². The lowest BCUT2D eigenvalue weighted by molar-refractivity contribution is -0.374. The summed E-state index contributed by atoms with van der Waals surface area (Å²) < 4.78 is 127. The molecular weight excluding hydrogens is 652 g/mol. The molecule has 0 aromatic rings. The summed E-state index contributed by atoms with van der Waals surface area (Å²) in [6, 6.07) is 0. The van der Waals surface area contributed by atoms with E-state index in [9.17, 15) is 54.3 Å². The standard InChI is InChI=1S/C31H42F8O8/c1-17(2)22(41)18-13-20(23(42)45-16-29(34,35)31(38,39)30(36,37)28(32,33)15-40)21(25(44)47-27(4)11-7-8-12-27)14-19(18)24(43)46-26(3)9-5-6-10-26/h17-21,40H,5-16H2,1-4H3. The van der Waals surface area contributed by atoms with E-state index in [4.69, 9.17) is 14.6 Å². The third-order valence-electron chi connectivity index (χ3n) is 9.75. The zero-order valence-electron chi connectivity index (χ0n) is 26.7. The van der Waals surface area contributed by atoms with Gasteiger partial charge < -0.3 is 19.3 Å². The second kappa shape index (κ2) is 13.8. The van der Waals surface area contributed by atoms with E-state index in [1.54, 1.807) is 13.8 Å². The van der Waals surface area contributed by atoms with Crippen LogP contribution in [0, 0.1) is 29.6 Å². The summed E-state index contributed by atoms with van der Waals surface area (Å²) in [5, 5.41) is 8.41. The van der Waals surface area contributed by atoms with Crippen LogP contribution in [0.25, 0.3) is 0 Å². The smallest absolute Gasteiger partial charge is 0.381 e. The Morgan fingerprint density at radius 1 is 0.660 bits per heavy atom. The van der Waals surface area contributed by atoms with Crippen LogP contribution in [-0.2, 0) is 33.4 Å². The summed E-state index contributed by atoms with van der Waals surface area (Å²) in [5.74, 6) is -36.6. The number of alkyl halides is 8. The fourth-order valence-electron chi connectivity index (χ4n) is 6.73. The second-order valence-corrected chi connectivity index (χ2v) is 13.9. The highest BCUT2D eigenvalue weighted by Gasteiger charge is 2.80. The summed E-state index contributed by atoms with van der Waals surface area (Å²) in [6.45, 7) is 0.619. The van der Waals surface area contributed by atoms with Crippen LogP contribution in [0.5, 0.6) is 0 Å². The largest absolute Gasteiger partial charge is 0.459 e. The van der Waals surface area contributed by atoms with Gasteiger partial charge >= 0.3 is 41.6 Å². The number of carbonyl (C=O) groups is 4. The van der Waals surface area contributed by atoms with Crippen molar-refractivity contribution in [3.05, 3.63) is 0 Å². The van der Waals surface area contributed by atoms with Crippen LogP contribution < -0.4 is 0 Å². The molecule has 0 amide bonds. The molecule has 47 heavy (non-hydrogen) atoms. The Kier molecular flexibility index (Phi) is 11.4. The highest BCUT2D eigenvalue weighted by Crippen LogP contribution is 2.53. The number of hydrogen-bond donors (Lipinski definition) is 1. The number of rotatable bonds is 13. The van der Waals surface area contributed by atoms with E-state index in [-0.39, 0.29) is 0 Å². The fourth-order valence-corrected chi connectivity index (χ4v) is 6.73.